The summed E-state index contributed by atoms with van der Waals surface area (Å²) in [7, 11) is 0. The lowest BCUT2D eigenvalue weighted by atomic mass is 10.2. The molecule has 0 spiro atoms. The first-order valence-corrected chi connectivity index (χ1v) is 5.70. The zero-order valence-electron chi connectivity index (χ0n) is 7.83. The van der Waals surface area contributed by atoms with E-state index in [2.05, 4.69) is 28.7 Å². The Hall–Kier alpha value is -0.550. The number of aliphatic hydroxyl groups is 1. The molecule has 0 unspecified atom stereocenters. The molecule has 0 aliphatic rings. The molecule has 2 rings (SSSR count). The van der Waals surface area contributed by atoms with Gasteiger partial charge >= 0.3 is 0 Å². The van der Waals surface area contributed by atoms with Gasteiger partial charge in [-0.15, -0.1) is 0 Å². The van der Waals surface area contributed by atoms with Gasteiger partial charge in [0.2, 0.25) is 0 Å². The minimum Gasteiger partial charge on any atom is -0.460 e. The molecule has 1 atom stereocenters. The van der Waals surface area contributed by atoms with Crippen LogP contribution in [0.25, 0.3) is 11.0 Å². The summed E-state index contributed by atoms with van der Waals surface area (Å²) < 4.78 is 5.68. The lowest BCUT2D eigenvalue weighted by Gasteiger charge is -1.99. The minimum atomic E-state index is 0.0420. The highest BCUT2D eigenvalue weighted by Gasteiger charge is 2.11. The van der Waals surface area contributed by atoms with Gasteiger partial charge in [-0.05, 0) is 24.6 Å². The molecule has 2 aromatic rings. The third-order valence-corrected chi connectivity index (χ3v) is 3.17. The van der Waals surface area contributed by atoms with Crippen molar-refractivity contribution in [2.45, 2.75) is 10.8 Å². The van der Waals surface area contributed by atoms with Crippen LogP contribution in [0.3, 0.4) is 0 Å². The number of fused-ring (bicyclic) bond motifs is 1. The van der Waals surface area contributed by atoms with Crippen molar-refractivity contribution < 1.29 is 9.52 Å². The number of benzene rings is 1. The fourth-order valence-electron chi connectivity index (χ4n) is 1.40. The molecule has 2 nitrogen and oxygen atoms in total. The first-order valence-electron chi connectivity index (χ1n) is 4.46. The SMILES string of the molecule is Cc1ccc2cc([C@H](I)CO)oc2c1. The molecule has 0 saturated heterocycles. The predicted octanol–water partition coefficient (Wildman–Crippen LogP) is 3.21. The second kappa shape index (κ2) is 3.90. The van der Waals surface area contributed by atoms with Gasteiger partial charge in [0.05, 0.1) is 10.5 Å². The van der Waals surface area contributed by atoms with Crippen LogP contribution in [0.1, 0.15) is 15.2 Å². The number of hydrogen-bond donors (Lipinski definition) is 1. The van der Waals surface area contributed by atoms with Crippen molar-refractivity contribution in [1.82, 2.24) is 0 Å². The van der Waals surface area contributed by atoms with Crippen molar-refractivity contribution in [2.24, 2.45) is 0 Å². The van der Waals surface area contributed by atoms with Crippen molar-refractivity contribution in [1.29, 1.82) is 0 Å². The molecule has 74 valence electrons. The summed E-state index contributed by atoms with van der Waals surface area (Å²) in [5, 5.41) is 10.1. The molecule has 0 bridgehead atoms. The number of halogens is 1. The molecule has 1 heterocycles. The summed E-state index contributed by atoms with van der Waals surface area (Å²) in [6.07, 6.45) is 0. The van der Waals surface area contributed by atoms with Gasteiger partial charge < -0.3 is 9.52 Å². The molecule has 0 aliphatic carbocycles. The molecule has 0 aliphatic heterocycles. The van der Waals surface area contributed by atoms with Crippen molar-refractivity contribution >= 4 is 33.6 Å². The number of aliphatic hydroxyl groups excluding tert-OH is 1. The highest BCUT2D eigenvalue weighted by molar-refractivity contribution is 14.1. The maximum atomic E-state index is 9.00. The van der Waals surface area contributed by atoms with Gasteiger partial charge in [-0.25, -0.2) is 0 Å². The fraction of sp³-hybridized carbons (Fsp3) is 0.273. The summed E-state index contributed by atoms with van der Waals surface area (Å²) in [6, 6.07) is 8.10. The van der Waals surface area contributed by atoms with Crippen molar-refractivity contribution in [3.8, 4) is 0 Å². The molecule has 3 heteroatoms. The first kappa shape index (κ1) is 9.98. The second-order valence-electron chi connectivity index (χ2n) is 3.34. The van der Waals surface area contributed by atoms with E-state index in [4.69, 9.17) is 9.52 Å². The predicted molar refractivity (Wildman–Crippen MR) is 64.8 cm³/mol. The zero-order chi connectivity index (χ0) is 10.1. The van der Waals surface area contributed by atoms with E-state index in [-0.39, 0.29) is 10.5 Å². The van der Waals surface area contributed by atoms with E-state index in [9.17, 15) is 0 Å². The van der Waals surface area contributed by atoms with Crippen LogP contribution in [-0.2, 0) is 0 Å². The molecule has 14 heavy (non-hydrogen) atoms. The van der Waals surface area contributed by atoms with E-state index in [1.807, 2.05) is 25.1 Å². The molecule has 0 amide bonds. The first-order chi connectivity index (χ1) is 6.70. The second-order valence-corrected chi connectivity index (χ2v) is 4.84. The number of alkyl halides is 1. The van der Waals surface area contributed by atoms with Gasteiger partial charge in [-0.1, -0.05) is 34.7 Å². The normalized spacial score (nSPS) is 13.4. The van der Waals surface area contributed by atoms with E-state index >= 15 is 0 Å². The monoisotopic (exact) mass is 302 g/mol. The molecular weight excluding hydrogens is 291 g/mol. The molecule has 1 N–H and O–H groups in total. The van der Waals surface area contributed by atoms with Crippen LogP contribution in [0.2, 0.25) is 0 Å². The van der Waals surface area contributed by atoms with E-state index in [1.165, 1.54) is 5.56 Å². The lowest BCUT2D eigenvalue weighted by Crippen LogP contribution is -1.91. The van der Waals surface area contributed by atoms with E-state index in [1.54, 1.807) is 0 Å². The van der Waals surface area contributed by atoms with E-state index < -0.39 is 0 Å². The highest BCUT2D eigenvalue weighted by atomic mass is 127. The Bertz CT molecular complexity index is 447. The summed E-state index contributed by atoms with van der Waals surface area (Å²) >= 11 is 2.17. The molecule has 0 saturated carbocycles. The Kier molecular flexibility index (Phi) is 2.78. The van der Waals surface area contributed by atoms with Crippen LogP contribution in [0.15, 0.2) is 28.7 Å². The van der Waals surface area contributed by atoms with Crippen LogP contribution in [-0.4, -0.2) is 11.7 Å². The smallest absolute Gasteiger partial charge is 0.134 e. The Morgan fingerprint density at radius 1 is 1.43 bits per heavy atom. The van der Waals surface area contributed by atoms with Gasteiger partial charge in [0.25, 0.3) is 0 Å². The highest BCUT2D eigenvalue weighted by Crippen LogP contribution is 2.29. The maximum absolute atomic E-state index is 9.00. The van der Waals surface area contributed by atoms with Gasteiger partial charge in [-0.3, -0.25) is 0 Å². The molecule has 0 radical (unpaired) electrons. The van der Waals surface area contributed by atoms with Crippen LogP contribution < -0.4 is 0 Å². The average molecular weight is 302 g/mol. The summed E-state index contributed by atoms with van der Waals surface area (Å²) in [4.78, 5) is 0. The van der Waals surface area contributed by atoms with Crippen molar-refractivity contribution in [3.05, 3.63) is 35.6 Å². The number of aryl methyl sites for hydroxylation is 1. The fourth-order valence-corrected chi connectivity index (χ4v) is 1.71. The van der Waals surface area contributed by atoms with Crippen molar-refractivity contribution in [2.75, 3.05) is 6.61 Å². The van der Waals surface area contributed by atoms with Crippen molar-refractivity contribution in [3.63, 3.8) is 0 Å². The van der Waals surface area contributed by atoms with Crippen LogP contribution in [0, 0.1) is 6.92 Å². The lowest BCUT2D eigenvalue weighted by molar-refractivity contribution is 0.291. The summed E-state index contributed by atoms with van der Waals surface area (Å²) in [5.41, 5.74) is 2.09. The quantitative estimate of drug-likeness (QED) is 0.682. The third-order valence-electron chi connectivity index (χ3n) is 2.16. The summed E-state index contributed by atoms with van der Waals surface area (Å²) in [5.74, 6) is 0.841. The molecular formula is C11H11IO2. The standard InChI is InChI=1S/C11H11IO2/c1-7-2-3-8-5-11(9(12)6-13)14-10(8)4-7/h2-5,9,13H,6H2,1H3/t9-/m1/s1. The summed E-state index contributed by atoms with van der Waals surface area (Å²) in [6.45, 7) is 2.15. The van der Waals surface area contributed by atoms with Crippen LogP contribution in [0.5, 0.6) is 0 Å². The van der Waals surface area contributed by atoms with Gasteiger partial charge in [0.1, 0.15) is 11.3 Å². The Balaban J connectivity index is 2.51. The van der Waals surface area contributed by atoms with Gasteiger partial charge in [-0.2, -0.15) is 0 Å². The Labute approximate surface area is 96.1 Å². The van der Waals surface area contributed by atoms with Crippen LogP contribution >= 0.6 is 22.6 Å². The molecule has 1 aromatic heterocycles. The number of rotatable bonds is 2. The van der Waals surface area contributed by atoms with Crippen LogP contribution in [0.4, 0.5) is 0 Å². The topological polar surface area (TPSA) is 33.4 Å². The van der Waals surface area contributed by atoms with Gasteiger partial charge in [0, 0.05) is 5.39 Å². The van der Waals surface area contributed by atoms with E-state index in [0.29, 0.717) is 0 Å². The zero-order valence-corrected chi connectivity index (χ0v) is 9.98. The molecule has 0 fully saturated rings. The molecule has 1 aromatic carbocycles. The van der Waals surface area contributed by atoms with Gasteiger partial charge in [0.15, 0.2) is 0 Å². The Morgan fingerprint density at radius 3 is 2.93 bits per heavy atom. The minimum absolute atomic E-state index is 0.0420. The third kappa shape index (κ3) is 1.79. The largest absolute Gasteiger partial charge is 0.460 e. The Morgan fingerprint density at radius 2 is 2.21 bits per heavy atom. The van der Waals surface area contributed by atoms with E-state index in [0.717, 1.165) is 16.7 Å². The average Bonchev–Trinajstić information content (AvgIpc) is 2.59. The number of furan rings is 1. The maximum Gasteiger partial charge on any atom is 0.134 e. The number of hydrogen-bond acceptors (Lipinski definition) is 2.